The van der Waals surface area contributed by atoms with Crippen LogP contribution in [0.25, 0.3) is 0 Å². The molecule has 1 rings (SSSR count). The maximum atomic E-state index is 11.5. The van der Waals surface area contributed by atoms with Gasteiger partial charge in [-0.3, -0.25) is 4.79 Å². The van der Waals surface area contributed by atoms with Crippen LogP contribution in [0.3, 0.4) is 0 Å². The van der Waals surface area contributed by atoms with E-state index in [0.717, 1.165) is 12.8 Å². The van der Waals surface area contributed by atoms with E-state index in [1.807, 2.05) is 6.92 Å². The summed E-state index contributed by atoms with van der Waals surface area (Å²) in [6.07, 6.45) is 4.62. The van der Waals surface area contributed by atoms with Crippen LogP contribution >= 0.6 is 12.4 Å². The van der Waals surface area contributed by atoms with Gasteiger partial charge in [-0.2, -0.15) is 0 Å². The summed E-state index contributed by atoms with van der Waals surface area (Å²) in [6, 6.07) is 0.261. The van der Waals surface area contributed by atoms with E-state index in [-0.39, 0.29) is 31.0 Å². The van der Waals surface area contributed by atoms with Gasteiger partial charge in [0.2, 0.25) is 5.91 Å². The molecule has 2 unspecified atom stereocenters. The maximum absolute atomic E-state index is 11.5. The first-order chi connectivity index (χ1) is 7.27. The van der Waals surface area contributed by atoms with Crippen molar-refractivity contribution < 1.29 is 9.53 Å². The van der Waals surface area contributed by atoms with Gasteiger partial charge >= 0.3 is 0 Å². The molecule has 1 fully saturated rings. The molecule has 2 atom stereocenters. The number of amides is 1. The van der Waals surface area contributed by atoms with Crippen molar-refractivity contribution in [1.82, 2.24) is 5.32 Å². The van der Waals surface area contributed by atoms with Crippen molar-refractivity contribution >= 4 is 18.3 Å². The number of rotatable bonds is 5. The van der Waals surface area contributed by atoms with Gasteiger partial charge in [0, 0.05) is 12.6 Å². The van der Waals surface area contributed by atoms with Crippen molar-refractivity contribution in [3.63, 3.8) is 0 Å². The first kappa shape index (κ1) is 15.7. The van der Waals surface area contributed by atoms with E-state index in [0.29, 0.717) is 19.1 Å². The molecule has 1 aliphatic rings. The van der Waals surface area contributed by atoms with Crippen molar-refractivity contribution in [3.05, 3.63) is 0 Å². The Morgan fingerprint density at radius 2 is 2.12 bits per heavy atom. The van der Waals surface area contributed by atoms with Crippen molar-refractivity contribution in [3.8, 4) is 0 Å². The van der Waals surface area contributed by atoms with E-state index in [1.165, 1.54) is 12.8 Å². The third-order valence-electron chi connectivity index (χ3n) is 3.00. The molecule has 1 saturated carbocycles. The fourth-order valence-corrected chi connectivity index (χ4v) is 2.12. The van der Waals surface area contributed by atoms with Gasteiger partial charge < -0.3 is 15.8 Å². The Morgan fingerprint density at radius 1 is 1.44 bits per heavy atom. The zero-order chi connectivity index (χ0) is 11.1. The van der Waals surface area contributed by atoms with Crippen LogP contribution in [-0.4, -0.2) is 31.7 Å². The number of carbonyl (C=O) groups excluding carboxylic acids is 1. The van der Waals surface area contributed by atoms with Crippen LogP contribution in [0.15, 0.2) is 0 Å². The molecule has 0 saturated heterocycles. The highest BCUT2D eigenvalue weighted by Gasteiger charge is 2.24. The number of hydrogen-bond acceptors (Lipinski definition) is 3. The van der Waals surface area contributed by atoms with Gasteiger partial charge in [0.25, 0.3) is 0 Å². The summed E-state index contributed by atoms with van der Waals surface area (Å²) < 4.78 is 5.06. The molecule has 0 aromatic heterocycles. The molecule has 5 heteroatoms. The van der Waals surface area contributed by atoms with E-state index < -0.39 is 0 Å². The van der Waals surface area contributed by atoms with Gasteiger partial charge in [-0.25, -0.2) is 0 Å². The molecular weight excluding hydrogens is 228 g/mol. The van der Waals surface area contributed by atoms with Gasteiger partial charge in [0.1, 0.15) is 6.61 Å². The lowest BCUT2D eigenvalue weighted by atomic mass is 9.84. The number of carbonyl (C=O) groups is 1. The molecule has 1 aliphatic carbocycles. The van der Waals surface area contributed by atoms with Crippen molar-refractivity contribution in [2.75, 3.05) is 19.8 Å². The second-order valence-electron chi connectivity index (χ2n) is 4.09. The average Bonchev–Trinajstić information content (AvgIpc) is 2.27. The second kappa shape index (κ2) is 8.79. The smallest absolute Gasteiger partial charge is 0.246 e. The zero-order valence-corrected chi connectivity index (χ0v) is 10.7. The number of nitrogens with two attached hydrogens (primary N) is 1. The van der Waals surface area contributed by atoms with Crippen LogP contribution in [0.5, 0.6) is 0 Å². The molecule has 0 aromatic rings. The lowest BCUT2D eigenvalue weighted by molar-refractivity contribution is -0.126. The van der Waals surface area contributed by atoms with E-state index in [4.69, 9.17) is 10.5 Å². The van der Waals surface area contributed by atoms with Crippen LogP contribution in [0.4, 0.5) is 0 Å². The highest BCUT2D eigenvalue weighted by molar-refractivity contribution is 5.85. The predicted molar refractivity (Wildman–Crippen MR) is 66.7 cm³/mol. The van der Waals surface area contributed by atoms with E-state index in [9.17, 15) is 4.79 Å². The van der Waals surface area contributed by atoms with Crippen molar-refractivity contribution in [1.29, 1.82) is 0 Å². The molecule has 4 nitrogen and oxygen atoms in total. The molecule has 0 aromatic carbocycles. The minimum Gasteiger partial charge on any atom is -0.372 e. The van der Waals surface area contributed by atoms with Crippen LogP contribution in [-0.2, 0) is 9.53 Å². The highest BCUT2D eigenvalue weighted by atomic mass is 35.5. The summed E-state index contributed by atoms with van der Waals surface area (Å²) in [6.45, 7) is 3.30. The summed E-state index contributed by atoms with van der Waals surface area (Å²) in [7, 11) is 0. The number of nitrogens with one attached hydrogen (secondary N) is 1. The number of halogens is 1. The molecule has 96 valence electrons. The maximum Gasteiger partial charge on any atom is 0.246 e. The molecule has 0 aliphatic heterocycles. The van der Waals surface area contributed by atoms with E-state index in [1.54, 1.807) is 0 Å². The Labute approximate surface area is 104 Å². The van der Waals surface area contributed by atoms with E-state index in [2.05, 4.69) is 5.32 Å². The van der Waals surface area contributed by atoms with Gasteiger partial charge in [-0.05, 0) is 32.2 Å². The minimum absolute atomic E-state index is 0. The van der Waals surface area contributed by atoms with Crippen LogP contribution in [0.2, 0.25) is 0 Å². The normalized spacial score (nSPS) is 24.6. The first-order valence-electron chi connectivity index (χ1n) is 5.85. The SMILES string of the molecule is CCOCC(=O)NC1CCCCC1CN.Cl. The third-order valence-corrected chi connectivity index (χ3v) is 3.00. The first-order valence-corrected chi connectivity index (χ1v) is 5.85. The predicted octanol–water partition coefficient (Wildman–Crippen LogP) is 1.08. The second-order valence-corrected chi connectivity index (χ2v) is 4.09. The highest BCUT2D eigenvalue weighted by Crippen LogP contribution is 2.23. The Hall–Kier alpha value is -0.320. The van der Waals surface area contributed by atoms with Crippen molar-refractivity contribution in [2.24, 2.45) is 11.7 Å². The summed E-state index contributed by atoms with van der Waals surface area (Å²) in [5.41, 5.74) is 5.69. The number of hydrogen-bond donors (Lipinski definition) is 2. The van der Waals surface area contributed by atoms with Crippen molar-refractivity contribution in [2.45, 2.75) is 38.6 Å². The van der Waals surface area contributed by atoms with Crippen LogP contribution in [0.1, 0.15) is 32.6 Å². The van der Waals surface area contributed by atoms with Crippen LogP contribution < -0.4 is 11.1 Å². The molecule has 0 bridgehead atoms. The Balaban J connectivity index is 0.00000225. The fourth-order valence-electron chi connectivity index (χ4n) is 2.12. The van der Waals surface area contributed by atoms with Gasteiger partial charge in [-0.1, -0.05) is 12.8 Å². The van der Waals surface area contributed by atoms with Gasteiger partial charge in [0.15, 0.2) is 0 Å². The van der Waals surface area contributed by atoms with E-state index >= 15 is 0 Å². The molecule has 0 heterocycles. The summed E-state index contributed by atoms with van der Waals surface area (Å²) in [5.74, 6) is 0.437. The standard InChI is InChI=1S/C11H22N2O2.ClH/c1-2-15-8-11(14)13-10-6-4-3-5-9(10)7-12;/h9-10H,2-8,12H2,1H3,(H,13,14);1H. The van der Waals surface area contributed by atoms with Gasteiger partial charge in [-0.15, -0.1) is 12.4 Å². The summed E-state index contributed by atoms with van der Waals surface area (Å²) >= 11 is 0. The molecule has 0 radical (unpaired) electrons. The summed E-state index contributed by atoms with van der Waals surface area (Å²) in [4.78, 5) is 11.5. The molecular formula is C11H23ClN2O2. The zero-order valence-electron chi connectivity index (χ0n) is 9.91. The topological polar surface area (TPSA) is 64.3 Å². The third kappa shape index (κ3) is 5.14. The van der Waals surface area contributed by atoms with Crippen LogP contribution in [0, 0.1) is 5.92 Å². The largest absolute Gasteiger partial charge is 0.372 e. The molecule has 3 N–H and O–H groups in total. The lowest BCUT2D eigenvalue weighted by Gasteiger charge is -2.31. The average molecular weight is 251 g/mol. The Bertz CT molecular complexity index is 202. The quantitative estimate of drug-likeness (QED) is 0.768. The Kier molecular flexibility index (Phi) is 8.61. The molecule has 1 amide bonds. The number of ether oxygens (including phenoxy) is 1. The summed E-state index contributed by atoms with van der Waals surface area (Å²) in [5, 5.41) is 3.01. The minimum atomic E-state index is -0.0119. The Morgan fingerprint density at radius 3 is 2.75 bits per heavy atom. The lowest BCUT2D eigenvalue weighted by Crippen LogP contribution is -2.45. The van der Waals surface area contributed by atoms with Gasteiger partial charge in [0.05, 0.1) is 0 Å². The fraction of sp³-hybridized carbons (Fsp3) is 0.909. The molecule has 0 spiro atoms. The monoisotopic (exact) mass is 250 g/mol. The molecule has 16 heavy (non-hydrogen) atoms.